The molecule has 4 aliphatic rings. The van der Waals surface area contributed by atoms with Crippen LogP contribution in [0.5, 0.6) is 0 Å². The zero-order chi connectivity index (χ0) is 15.4. The van der Waals surface area contributed by atoms with Gasteiger partial charge in [0.05, 0.1) is 0 Å². The predicted octanol–water partition coefficient (Wildman–Crippen LogP) is 6.65. The van der Waals surface area contributed by atoms with E-state index in [1.54, 1.807) is 25.7 Å². The zero-order valence-corrected chi connectivity index (χ0v) is 15.4. The molecule has 4 rings (SSSR count). The molecule has 0 N–H and O–H groups in total. The van der Waals surface area contributed by atoms with E-state index in [2.05, 4.69) is 13.8 Å². The van der Waals surface area contributed by atoms with E-state index in [0.717, 1.165) is 23.7 Å². The quantitative estimate of drug-likeness (QED) is 0.466. The lowest BCUT2D eigenvalue weighted by Gasteiger charge is -2.70. The summed E-state index contributed by atoms with van der Waals surface area (Å²) in [4.78, 5) is 0. The maximum atomic E-state index is 2.57. The van der Waals surface area contributed by atoms with E-state index in [-0.39, 0.29) is 0 Å². The van der Waals surface area contributed by atoms with Gasteiger partial charge in [0.15, 0.2) is 0 Å². The van der Waals surface area contributed by atoms with Gasteiger partial charge in [-0.05, 0) is 73.0 Å². The van der Waals surface area contributed by atoms with Crippen molar-refractivity contribution in [3.05, 3.63) is 0 Å². The Balaban J connectivity index is 0.000000300. The van der Waals surface area contributed by atoms with Crippen LogP contribution in [-0.2, 0) is 0 Å². The maximum absolute atomic E-state index is 2.57. The Hall–Kier alpha value is 0. The fourth-order valence-electron chi connectivity index (χ4n) is 5.87. The summed E-state index contributed by atoms with van der Waals surface area (Å²) >= 11 is 0. The highest BCUT2D eigenvalue weighted by atomic mass is 14.7. The predicted molar refractivity (Wildman–Crippen MR) is 91.8 cm³/mol. The van der Waals surface area contributed by atoms with Crippen LogP contribution in [0.1, 0.15) is 81.1 Å². The van der Waals surface area contributed by atoms with Gasteiger partial charge in [0, 0.05) is 0 Å². The highest BCUT2D eigenvalue weighted by Crippen LogP contribution is 2.71. The molecule has 120 valence electrons. The van der Waals surface area contributed by atoms with Gasteiger partial charge in [-0.25, -0.2) is 0 Å². The second-order valence-electron chi connectivity index (χ2n) is 6.90. The summed E-state index contributed by atoms with van der Waals surface area (Å²) in [6.45, 7) is 17.1. The third-order valence-electron chi connectivity index (χ3n) is 6.48. The van der Waals surface area contributed by atoms with Crippen molar-refractivity contribution in [1.82, 2.24) is 0 Å². The summed E-state index contributed by atoms with van der Waals surface area (Å²) in [5.41, 5.74) is 0. The SMILES string of the molecule is CC.CC.CC.CC1CC2C(C)C(C1)C1CC3CC2C31. The van der Waals surface area contributed by atoms with Gasteiger partial charge in [0.2, 0.25) is 0 Å². The molecule has 4 fully saturated rings. The molecule has 0 aliphatic heterocycles. The summed E-state index contributed by atoms with van der Waals surface area (Å²) in [6, 6.07) is 0. The molecule has 4 atom stereocenters. The summed E-state index contributed by atoms with van der Waals surface area (Å²) in [7, 11) is 0. The van der Waals surface area contributed by atoms with E-state index in [4.69, 9.17) is 0 Å². The second-order valence-corrected chi connectivity index (χ2v) is 6.90. The molecule has 0 nitrogen and oxygen atoms in total. The van der Waals surface area contributed by atoms with Crippen LogP contribution in [0.2, 0.25) is 0 Å². The Morgan fingerprint density at radius 3 is 1.30 bits per heavy atom. The first-order valence-corrected chi connectivity index (χ1v) is 9.75. The molecule has 4 unspecified atom stereocenters. The number of rotatable bonds is 0. The molecule has 0 spiro atoms. The number of hydrogen-bond acceptors (Lipinski definition) is 0. The zero-order valence-electron chi connectivity index (χ0n) is 15.4. The van der Waals surface area contributed by atoms with Crippen molar-refractivity contribution >= 4 is 0 Å². The molecule has 20 heavy (non-hydrogen) atoms. The fourth-order valence-corrected chi connectivity index (χ4v) is 5.87. The largest absolute Gasteiger partial charge is 0.0683 e. The van der Waals surface area contributed by atoms with Crippen LogP contribution >= 0.6 is 0 Å². The van der Waals surface area contributed by atoms with Gasteiger partial charge < -0.3 is 0 Å². The summed E-state index contributed by atoms with van der Waals surface area (Å²) in [6.07, 6.45) is 6.38. The van der Waals surface area contributed by atoms with Crippen LogP contribution in [-0.4, -0.2) is 0 Å². The van der Waals surface area contributed by atoms with E-state index in [1.165, 1.54) is 23.7 Å². The molecule has 0 aromatic heterocycles. The van der Waals surface area contributed by atoms with Crippen molar-refractivity contribution < 1.29 is 0 Å². The molecule has 0 amide bonds. The van der Waals surface area contributed by atoms with Gasteiger partial charge >= 0.3 is 0 Å². The van der Waals surface area contributed by atoms with Crippen molar-refractivity contribution in [3.63, 3.8) is 0 Å². The van der Waals surface area contributed by atoms with Gasteiger partial charge in [-0.15, -0.1) is 0 Å². The van der Waals surface area contributed by atoms with Crippen molar-refractivity contribution in [3.8, 4) is 0 Å². The molecule has 0 heterocycles. The third kappa shape index (κ3) is 2.69. The standard InChI is InChI=1S/C14H22.3C2H6/c1-7-3-10-8(2)11(4-7)13-6-9-5-12(10)14(9)13;3*1-2/h7-14H,3-6H2,1-2H3;3*1-2H3. The van der Waals surface area contributed by atoms with Gasteiger partial charge in [0.25, 0.3) is 0 Å². The van der Waals surface area contributed by atoms with Crippen LogP contribution in [0.4, 0.5) is 0 Å². The maximum Gasteiger partial charge on any atom is -0.0323 e. The number of hydrogen-bond donors (Lipinski definition) is 0. The lowest BCUT2D eigenvalue weighted by molar-refractivity contribution is -0.217. The first kappa shape index (κ1) is 18.1. The lowest BCUT2D eigenvalue weighted by atomic mass is 9.35. The molecule has 0 saturated heterocycles. The highest BCUT2D eigenvalue weighted by Gasteiger charge is 2.64. The minimum atomic E-state index is 1.04. The average molecular weight is 281 g/mol. The van der Waals surface area contributed by atoms with E-state index in [1.807, 2.05) is 41.5 Å². The van der Waals surface area contributed by atoms with E-state index in [9.17, 15) is 0 Å². The van der Waals surface area contributed by atoms with Gasteiger partial charge in [-0.1, -0.05) is 55.4 Å². The fraction of sp³-hybridized carbons (Fsp3) is 1.00. The van der Waals surface area contributed by atoms with Crippen LogP contribution in [0, 0.1) is 47.3 Å². The third-order valence-corrected chi connectivity index (χ3v) is 6.48. The Labute approximate surface area is 129 Å². The first-order chi connectivity index (χ1) is 9.75. The molecule has 4 aliphatic carbocycles. The van der Waals surface area contributed by atoms with Crippen LogP contribution < -0.4 is 0 Å². The van der Waals surface area contributed by atoms with Crippen LogP contribution in [0.15, 0.2) is 0 Å². The van der Waals surface area contributed by atoms with E-state index in [0.29, 0.717) is 0 Å². The molecule has 2 bridgehead atoms. The molecule has 0 radical (unpaired) electrons. The van der Waals surface area contributed by atoms with Crippen LogP contribution in [0.25, 0.3) is 0 Å². The van der Waals surface area contributed by atoms with E-state index < -0.39 is 0 Å². The Morgan fingerprint density at radius 2 is 0.950 bits per heavy atom. The smallest absolute Gasteiger partial charge is 0.0323 e. The molecule has 4 saturated carbocycles. The Morgan fingerprint density at radius 1 is 0.550 bits per heavy atom. The summed E-state index contributed by atoms with van der Waals surface area (Å²) in [5.74, 6) is 9.22. The molecule has 0 aromatic carbocycles. The van der Waals surface area contributed by atoms with Gasteiger partial charge in [0.1, 0.15) is 0 Å². The Bertz CT molecular complexity index is 241. The topological polar surface area (TPSA) is 0 Å². The van der Waals surface area contributed by atoms with Crippen molar-refractivity contribution in [2.45, 2.75) is 81.1 Å². The summed E-state index contributed by atoms with van der Waals surface area (Å²) < 4.78 is 0. The van der Waals surface area contributed by atoms with Crippen LogP contribution in [0.3, 0.4) is 0 Å². The van der Waals surface area contributed by atoms with Crippen molar-refractivity contribution in [2.75, 3.05) is 0 Å². The molecular formula is C20H40. The van der Waals surface area contributed by atoms with E-state index >= 15 is 0 Å². The molecule has 0 aromatic rings. The van der Waals surface area contributed by atoms with Crippen molar-refractivity contribution in [1.29, 1.82) is 0 Å². The molecular weight excluding hydrogens is 240 g/mol. The minimum Gasteiger partial charge on any atom is -0.0683 e. The minimum absolute atomic E-state index is 1.04. The lowest BCUT2D eigenvalue weighted by Crippen LogP contribution is -2.64. The molecule has 0 heteroatoms. The first-order valence-electron chi connectivity index (χ1n) is 9.75. The highest BCUT2D eigenvalue weighted by molar-refractivity contribution is 5.12. The van der Waals surface area contributed by atoms with Gasteiger partial charge in [-0.2, -0.15) is 0 Å². The average Bonchev–Trinajstić information content (AvgIpc) is 2.49. The second kappa shape index (κ2) is 7.85. The van der Waals surface area contributed by atoms with Crippen molar-refractivity contribution in [2.24, 2.45) is 47.3 Å². The van der Waals surface area contributed by atoms with Gasteiger partial charge in [-0.3, -0.25) is 0 Å². The normalized spacial score (nSPS) is 49.2. The monoisotopic (exact) mass is 280 g/mol. The summed E-state index contributed by atoms with van der Waals surface area (Å²) in [5, 5.41) is 0. The Kier molecular flexibility index (Phi) is 7.09. The number of fused-ring (bicyclic) bond motifs is 4.